The molecule has 4 heteroatoms. The van der Waals surface area contributed by atoms with Crippen molar-refractivity contribution >= 4 is 10.9 Å². The molecule has 1 aromatic heterocycles. The van der Waals surface area contributed by atoms with Crippen molar-refractivity contribution in [1.29, 1.82) is 0 Å². The van der Waals surface area contributed by atoms with Crippen LogP contribution in [0.15, 0.2) is 23.0 Å². The summed E-state index contributed by atoms with van der Waals surface area (Å²) in [7, 11) is 2.14. The van der Waals surface area contributed by atoms with Crippen molar-refractivity contribution < 1.29 is 0 Å². The molecule has 1 aliphatic rings. The zero-order chi connectivity index (χ0) is 13.4. The molecular weight excluding hydrogens is 238 g/mol. The summed E-state index contributed by atoms with van der Waals surface area (Å²) in [4.78, 5) is 22.2. The number of fused-ring (bicyclic) bond motifs is 1. The van der Waals surface area contributed by atoms with Crippen LogP contribution in [0.2, 0.25) is 0 Å². The van der Waals surface area contributed by atoms with E-state index in [1.807, 2.05) is 25.1 Å². The van der Waals surface area contributed by atoms with Gasteiger partial charge in [0.05, 0.1) is 10.9 Å². The Kier molecular flexibility index (Phi) is 3.11. The van der Waals surface area contributed by atoms with E-state index in [2.05, 4.69) is 16.9 Å². The highest BCUT2D eigenvalue weighted by Gasteiger charge is 2.21. The molecule has 1 aromatic carbocycles. The maximum atomic E-state index is 12.2. The standard InChI is InChI=1S/C15H19N3O/c1-10-4-3-5-12-13(10)16-14(17-15(12)19)11-6-8-18(2)9-7-11/h3-5,11H,6-9H2,1-2H3,(H,16,17,19). The Bertz CT molecular complexity index is 654. The van der Waals surface area contributed by atoms with Crippen LogP contribution in [0, 0.1) is 6.92 Å². The fourth-order valence-electron chi connectivity index (χ4n) is 2.80. The average Bonchev–Trinajstić information content (AvgIpc) is 2.41. The van der Waals surface area contributed by atoms with Gasteiger partial charge in [-0.3, -0.25) is 4.79 Å². The van der Waals surface area contributed by atoms with Gasteiger partial charge in [0.1, 0.15) is 5.82 Å². The fraction of sp³-hybridized carbons (Fsp3) is 0.467. The number of piperidine rings is 1. The Balaban J connectivity index is 2.06. The lowest BCUT2D eigenvalue weighted by Crippen LogP contribution is -2.30. The largest absolute Gasteiger partial charge is 0.310 e. The summed E-state index contributed by atoms with van der Waals surface area (Å²) in [5.41, 5.74) is 1.90. The van der Waals surface area contributed by atoms with Gasteiger partial charge in [-0.15, -0.1) is 0 Å². The van der Waals surface area contributed by atoms with Crippen LogP contribution in [0.1, 0.15) is 30.1 Å². The minimum atomic E-state index is -0.0115. The summed E-state index contributed by atoms with van der Waals surface area (Å²) >= 11 is 0. The maximum absolute atomic E-state index is 12.2. The van der Waals surface area contributed by atoms with Gasteiger partial charge in [-0.2, -0.15) is 0 Å². The van der Waals surface area contributed by atoms with Crippen LogP contribution >= 0.6 is 0 Å². The van der Waals surface area contributed by atoms with Crippen LogP contribution in [0.25, 0.3) is 10.9 Å². The van der Waals surface area contributed by atoms with Gasteiger partial charge in [-0.25, -0.2) is 4.98 Å². The van der Waals surface area contributed by atoms with Gasteiger partial charge in [0.2, 0.25) is 0 Å². The molecule has 0 unspecified atom stereocenters. The molecule has 0 atom stereocenters. The molecule has 2 heterocycles. The molecule has 2 aromatic rings. The SMILES string of the molecule is Cc1cccc2c(=O)[nH]c(C3CCN(C)CC3)nc12. The number of benzene rings is 1. The molecule has 19 heavy (non-hydrogen) atoms. The molecule has 1 fully saturated rings. The van der Waals surface area contributed by atoms with Gasteiger partial charge in [0.15, 0.2) is 0 Å². The zero-order valence-electron chi connectivity index (χ0n) is 11.4. The first kappa shape index (κ1) is 12.4. The highest BCUT2D eigenvalue weighted by molar-refractivity contribution is 5.80. The Morgan fingerprint density at radius 3 is 2.79 bits per heavy atom. The normalized spacial score (nSPS) is 18.0. The van der Waals surface area contributed by atoms with E-state index in [-0.39, 0.29) is 5.56 Å². The van der Waals surface area contributed by atoms with Crippen molar-refractivity contribution in [2.45, 2.75) is 25.7 Å². The van der Waals surface area contributed by atoms with Gasteiger partial charge in [-0.05, 0) is 51.5 Å². The minimum absolute atomic E-state index is 0.0115. The highest BCUT2D eigenvalue weighted by Crippen LogP contribution is 2.25. The first-order valence-electron chi connectivity index (χ1n) is 6.83. The molecule has 0 radical (unpaired) electrons. The summed E-state index contributed by atoms with van der Waals surface area (Å²) in [5, 5.41) is 0.691. The highest BCUT2D eigenvalue weighted by atomic mass is 16.1. The number of nitrogens with zero attached hydrogens (tertiary/aromatic N) is 2. The molecule has 100 valence electrons. The molecular formula is C15H19N3O. The monoisotopic (exact) mass is 257 g/mol. The van der Waals surface area contributed by atoms with Crippen LogP contribution in [-0.2, 0) is 0 Å². The number of aromatic amines is 1. The number of aromatic nitrogens is 2. The van der Waals surface area contributed by atoms with Crippen LogP contribution in [0.5, 0.6) is 0 Å². The molecule has 0 bridgehead atoms. The first-order valence-corrected chi connectivity index (χ1v) is 6.83. The second-order valence-corrected chi connectivity index (χ2v) is 5.50. The first-order chi connectivity index (χ1) is 9.15. The predicted molar refractivity (Wildman–Crippen MR) is 76.6 cm³/mol. The van der Waals surface area contributed by atoms with Gasteiger partial charge in [-0.1, -0.05) is 12.1 Å². The van der Waals surface area contributed by atoms with E-state index < -0.39 is 0 Å². The fourth-order valence-corrected chi connectivity index (χ4v) is 2.80. The molecule has 4 nitrogen and oxygen atoms in total. The molecule has 3 rings (SSSR count). The third-order valence-corrected chi connectivity index (χ3v) is 4.06. The number of H-pyrrole nitrogens is 1. The van der Waals surface area contributed by atoms with Crippen molar-refractivity contribution in [1.82, 2.24) is 14.9 Å². The molecule has 1 aliphatic heterocycles. The van der Waals surface area contributed by atoms with Crippen molar-refractivity contribution in [3.63, 3.8) is 0 Å². The number of hydrogen-bond acceptors (Lipinski definition) is 3. The topological polar surface area (TPSA) is 49.0 Å². The lowest BCUT2D eigenvalue weighted by atomic mass is 9.96. The van der Waals surface area contributed by atoms with Crippen molar-refractivity contribution in [3.05, 3.63) is 39.9 Å². The Hall–Kier alpha value is -1.68. The predicted octanol–water partition coefficient (Wildman–Crippen LogP) is 2.04. The zero-order valence-corrected chi connectivity index (χ0v) is 11.4. The third-order valence-electron chi connectivity index (χ3n) is 4.06. The summed E-state index contributed by atoms with van der Waals surface area (Å²) in [6.07, 6.45) is 2.13. The van der Waals surface area contributed by atoms with Gasteiger partial charge in [0, 0.05) is 5.92 Å². The van der Waals surface area contributed by atoms with E-state index in [1.54, 1.807) is 0 Å². The molecule has 1 saturated heterocycles. The van der Waals surface area contributed by atoms with Crippen molar-refractivity contribution in [3.8, 4) is 0 Å². The second kappa shape index (κ2) is 4.78. The number of rotatable bonds is 1. The quantitative estimate of drug-likeness (QED) is 0.850. The number of nitrogens with one attached hydrogen (secondary N) is 1. The van der Waals surface area contributed by atoms with E-state index in [0.717, 1.165) is 42.8 Å². The number of aryl methyl sites for hydroxylation is 1. The minimum Gasteiger partial charge on any atom is -0.310 e. The van der Waals surface area contributed by atoms with Crippen LogP contribution < -0.4 is 5.56 Å². The van der Waals surface area contributed by atoms with E-state index in [9.17, 15) is 4.79 Å². The lowest BCUT2D eigenvalue weighted by Gasteiger charge is -2.28. The summed E-state index contributed by atoms with van der Waals surface area (Å²) in [5.74, 6) is 1.24. The summed E-state index contributed by atoms with van der Waals surface area (Å²) in [6, 6.07) is 5.75. The number of likely N-dealkylation sites (tertiary alicyclic amines) is 1. The van der Waals surface area contributed by atoms with Gasteiger partial charge in [0.25, 0.3) is 5.56 Å². The summed E-state index contributed by atoms with van der Waals surface area (Å²) < 4.78 is 0. The van der Waals surface area contributed by atoms with E-state index in [4.69, 9.17) is 4.98 Å². The van der Waals surface area contributed by atoms with Crippen molar-refractivity contribution in [2.75, 3.05) is 20.1 Å². The Morgan fingerprint density at radius 2 is 2.05 bits per heavy atom. The molecule has 0 aliphatic carbocycles. The molecule has 0 amide bonds. The Labute approximate surface area is 112 Å². The van der Waals surface area contributed by atoms with Gasteiger partial charge < -0.3 is 9.88 Å². The van der Waals surface area contributed by atoms with Crippen molar-refractivity contribution in [2.24, 2.45) is 0 Å². The van der Waals surface area contributed by atoms with Gasteiger partial charge >= 0.3 is 0 Å². The van der Waals surface area contributed by atoms with Crippen LogP contribution in [0.3, 0.4) is 0 Å². The molecule has 1 N–H and O–H groups in total. The van der Waals surface area contributed by atoms with E-state index in [1.165, 1.54) is 0 Å². The lowest BCUT2D eigenvalue weighted by molar-refractivity contribution is 0.251. The molecule has 0 spiro atoms. The average molecular weight is 257 g/mol. The van der Waals surface area contributed by atoms with E-state index in [0.29, 0.717) is 11.3 Å². The maximum Gasteiger partial charge on any atom is 0.258 e. The summed E-state index contributed by atoms with van der Waals surface area (Å²) in [6.45, 7) is 4.15. The van der Waals surface area contributed by atoms with Crippen LogP contribution in [0.4, 0.5) is 0 Å². The second-order valence-electron chi connectivity index (χ2n) is 5.50. The smallest absolute Gasteiger partial charge is 0.258 e. The van der Waals surface area contributed by atoms with Crippen LogP contribution in [-0.4, -0.2) is 35.0 Å². The third kappa shape index (κ3) is 2.28. The number of para-hydroxylation sites is 1. The number of hydrogen-bond donors (Lipinski definition) is 1. The molecule has 0 saturated carbocycles. The Morgan fingerprint density at radius 1 is 1.32 bits per heavy atom. The van der Waals surface area contributed by atoms with E-state index >= 15 is 0 Å².